The van der Waals surface area contributed by atoms with Gasteiger partial charge in [0.05, 0.1) is 0 Å². The minimum absolute atomic E-state index is 0.829. The van der Waals surface area contributed by atoms with E-state index in [9.17, 15) is 0 Å². The van der Waals surface area contributed by atoms with Gasteiger partial charge < -0.3 is 10.2 Å². The molecule has 2 rings (SSSR count). The van der Waals surface area contributed by atoms with Gasteiger partial charge in [-0.2, -0.15) is 0 Å². The topological polar surface area (TPSA) is 15.3 Å². The first-order chi connectivity index (χ1) is 7.45. The summed E-state index contributed by atoms with van der Waals surface area (Å²) in [6, 6.07) is 0.829. The zero-order chi connectivity index (χ0) is 10.3. The van der Waals surface area contributed by atoms with Gasteiger partial charge >= 0.3 is 0 Å². The molecule has 0 spiro atoms. The van der Waals surface area contributed by atoms with Crippen LogP contribution in [0.15, 0.2) is 0 Å². The Bertz CT molecular complexity index is 156. The van der Waals surface area contributed by atoms with Gasteiger partial charge in [-0.25, -0.2) is 0 Å². The van der Waals surface area contributed by atoms with Gasteiger partial charge in [0, 0.05) is 6.04 Å². The molecular formula is C13H26N2. The van der Waals surface area contributed by atoms with Crippen molar-refractivity contribution < 1.29 is 0 Å². The first-order valence-corrected chi connectivity index (χ1v) is 6.91. The lowest BCUT2D eigenvalue weighted by atomic mass is 10.1. The number of hydrogen-bond donors (Lipinski definition) is 1. The highest BCUT2D eigenvalue weighted by Gasteiger charge is 2.15. The molecule has 0 radical (unpaired) electrons. The SMILES string of the molecule is C1CCCN(CCC2CCCN2)CCC1. The van der Waals surface area contributed by atoms with Gasteiger partial charge in [-0.05, 0) is 58.3 Å². The largest absolute Gasteiger partial charge is 0.314 e. The quantitative estimate of drug-likeness (QED) is 0.769. The predicted octanol–water partition coefficient (Wildman–Crippen LogP) is 2.39. The van der Waals surface area contributed by atoms with E-state index in [1.54, 1.807) is 0 Å². The Hall–Kier alpha value is -0.0800. The van der Waals surface area contributed by atoms with E-state index in [1.165, 1.54) is 77.5 Å². The van der Waals surface area contributed by atoms with E-state index in [2.05, 4.69) is 10.2 Å². The monoisotopic (exact) mass is 210 g/mol. The van der Waals surface area contributed by atoms with Crippen molar-refractivity contribution >= 4 is 0 Å². The summed E-state index contributed by atoms with van der Waals surface area (Å²) >= 11 is 0. The van der Waals surface area contributed by atoms with E-state index in [4.69, 9.17) is 0 Å². The number of hydrogen-bond acceptors (Lipinski definition) is 2. The van der Waals surface area contributed by atoms with Crippen LogP contribution in [0.4, 0.5) is 0 Å². The van der Waals surface area contributed by atoms with Crippen molar-refractivity contribution in [2.45, 2.75) is 57.4 Å². The normalized spacial score (nSPS) is 30.0. The molecule has 2 heterocycles. The summed E-state index contributed by atoms with van der Waals surface area (Å²) in [6.45, 7) is 5.29. The second kappa shape index (κ2) is 6.49. The van der Waals surface area contributed by atoms with Crippen molar-refractivity contribution in [3.05, 3.63) is 0 Å². The van der Waals surface area contributed by atoms with Crippen molar-refractivity contribution in [3.8, 4) is 0 Å². The van der Waals surface area contributed by atoms with E-state index < -0.39 is 0 Å². The molecule has 1 N–H and O–H groups in total. The molecule has 88 valence electrons. The fraction of sp³-hybridized carbons (Fsp3) is 1.00. The Morgan fingerprint density at radius 1 is 0.933 bits per heavy atom. The average Bonchev–Trinajstić information content (AvgIpc) is 2.68. The Morgan fingerprint density at radius 3 is 2.33 bits per heavy atom. The van der Waals surface area contributed by atoms with Gasteiger partial charge in [-0.3, -0.25) is 0 Å². The minimum atomic E-state index is 0.829. The third kappa shape index (κ3) is 4.12. The molecule has 0 saturated carbocycles. The van der Waals surface area contributed by atoms with Crippen molar-refractivity contribution in [3.63, 3.8) is 0 Å². The highest BCUT2D eigenvalue weighted by molar-refractivity contribution is 4.75. The molecule has 1 atom stereocenters. The van der Waals surface area contributed by atoms with Crippen molar-refractivity contribution in [2.24, 2.45) is 0 Å². The van der Waals surface area contributed by atoms with Crippen LogP contribution in [0.1, 0.15) is 51.4 Å². The Morgan fingerprint density at radius 2 is 1.67 bits per heavy atom. The maximum atomic E-state index is 3.60. The zero-order valence-electron chi connectivity index (χ0n) is 10.0. The first-order valence-electron chi connectivity index (χ1n) is 6.91. The number of rotatable bonds is 3. The second-order valence-electron chi connectivity index (χ2n) is 5.19. The third-order valence-electron chi connectivity index (χ3n) is 3.90. The fourth-order valence-corrected chi connectivity index (χ4v) is 2.88. The van der Waals surface area contributed by atoms with Crippen LogP contribution in [-0.2, 0) is 0 Å². The molecule has 0 amide bonds. The lowest BCUT2D eigenvalue weighted by Crippen LogP contribution is -2.32. The van der Waals surface area contributed by atoms with Crippen LogP contribution in [-0.4, -0.2) is 37.1 Å². The molecule has 0 aliphatic carbocycles. The number of likely N-dealkylation sites (tertiary alicyclic amines) is 1. The summed E-state index contributed by atoms with van der Waals surface area (Å²) in [4.78, 5) is 2.69. The Balaban J connectivity index is 1.62. The van der Waals surface area contributed by atoms with Crippen molar-refractivity contribution in [1.29, 1.82) is 0 Å². The molecule has 2 fully saturated rings. The number of nitrogens with zero attached hydrogens (tertiary/aromatic N) is 1. The van der Waals surface area contributed by atoms with Gasteiger partial charge in [0.25, 0.3) is 0 Å². The maximum absolute atomic E-state index is 3.60. The molecule has 2 heteroatoms. The smallest absolute Gasteiger partial charge is 0.00797 e. The van der Waals surface area contributed by atoms with E-state index >= 15 is 0 Å². The molecule has 0 aromatic rings. The van der Waals surface area contributed by atoms with Crippen molar-refractivity contribution in [2.75, 3.05) is 26.2 Å². The van der Waals surface area contributed by atoms with Gasteiger partial charge in [0.1, 0.15) is 0 Å². The summed E-state index contributed by atoms with van der Waals surface area (Å²) in [5, 5.41) is 3.60. The van der Waals surface area contributed by atoms with Gasteiger partial charge in [0.15, 0.2) is 0 Å². The van der Waals surface area contributed by atoms with Crippen LogP contribution < -0.4 is 5.32 Å². The third-order valence-corrected chi connectivity index (χ3v) is 3.90. The van der Waals surface area contributed by atoms with Crippen LogP contribution >= 0.6 is 0 Å². The Labute approximate surface area is 94.4 Å². The van der Waals surface area contributed by atoms with Gasteiger partial charge in [0.2, 0.25) is 0 Å². The van der Waals surface area contributed by atoms with E-state index in [0.29, 0.717) is 0 Å². The summed E-state index contributed by atoms with van der Waals surface area (Å²) in [6.07, 6.45) is 11.4. The minimum Gasteiger partial charge on any atom is -0.314 e. The van der Waals surface area contributed by atoms with Gasteiger partial charge in [-0.1, -0.05) is 19.3 Å². The van der Waals surface area contributed by atoms with Crippen LogP contribution in [0.2, 0.25) is 0 Å². The lowest BCUT2D eigenvalue weighted by Gasteiger charge is -2.25. The molecule has 0 bridgehead atoms. The zero-order valence-corrected chi connectivity index (χ0v) is 10.0. The van der Waals surface area contributed by atoms with E-state index in [-0.39, 0.29) is 0 Å². The molecule has 2 nitrogen and oxygen atoms in total. The molecule has 0 aromatic heterocycles. The highest BCUT2D eigenvalue weighted by Crippen LogP contribution is 2.13. The predicted molar refractivity (Wildman–Crippen MR) is 65.2 cm³/mol. The molecule has 2 aliphatic rings. The molecular weight excluding hydrogens is 184 g/mol. The Kier molecular flexibility index (Phi) is 4.94. The molecule has 2 aliphatic heterocycles. The number of nitrogens with one attached hydrogen (secondary N) is 1. The summed E-state index contributed by atoms with van der Waals surface area (Å²) in [5.74, 6) is 0. The molecule has 15 heavy (non-hydrogen) atoms. The average molecular weight is 210 g/mol. The summed E-state index contributed by atoms with van der Waals surface area (Å²) in [5.41, 5.74) is 0. The maximum Gasteiger partial charge on any atom is 0.00797 e. The summed E-state index contributed by atoms with van der Waals surface area (Å²) < 4.78 is 0. The highest BCUT2D eigenvalue weighted by atomic mass is 15.1. The standard InChI is InChI=1S/C13H26N2/c1-2-4-10-15(11-5-3-1)12-8-13-7-6-9-14-13/h13-14H,1-12H2. The van der Waals surface area contributed by atoms with E-state index in [1.807, 2.05) is 0 Å². The molecule has 2 saturated heterocycles. The lowest BCUT2D eigenvalue weighted by molar-refractivity contribution is 0.236. The first kappa shape index (κ1) is 11.4. The van der Waals surface area contributed by atoms with Crippen molar-refractivity contribution in [1.82, 2.24) is 10.2 Å². The fourth-order valence-electron chi connectivity index (χ4n) is 2.88. The van der Waals surface area contributed by atoms with E-state index in [0.717, 1.165) is 6.04 Å². The van der Waals surface area contributed by atoms with Crippen LogP contribution in [0.3, 0.4) is 0 Å². The second-order valence-corrected chi connectivity index (χ2v) is 5.19. The molecule has 1 unspecified atom stereocenters. The summed E-state index contributed by atoms with van der Waals surface area (Å²) in [7, 11) is 0. The van der Waals surface area contributed by atoms with Gasteiger partial charge in [-0.15, -0.1) is 0 Å². The van der Waals surface area contributed by atoms with Crippen LogP contribution in [0.5, 0.6) is 0 Å². The van der Waals surface area contributed by atoms with Crippen LogP contribution in [0, 0.1) is 0 Å². The molecule has 0 aromatic carbocycles. The van der Waals surface area contributed by atoms with Crippen LogP contribution in [0.25, 0.3) is 0 Å².